The molecule has 1 aliphatic carbocycles. The van der Waals surface area contributed by atoms with Crippen LogP contribution in [0.5, 0.6) is 5.75 Å². The first kappa shape index (κ1) is 9.19. The second kappa shape index (κ2) is 3.78. The average molecular weight is 194 g/mol. The molecule has 0 bridgehead atoms. The van der Waals surface area contributed by atoms with Gasteiger partial charge in [0.15, 0.2) is 0 Å². The fraction of sp³-hybridized carbons (Fsp3) is 0.364. The van der Waals surface area contributed by atoms with Crippen molar-refractivity contribution >= 4 is 6.29 Å². The van der Waals surface area contributed by atoms with Crippen molar-refractivity contribution in [3.05, 3.63) is 30.1 Å². The maximum absolute atomic E-state index is 12.5. The van der Waals surface area contributed by atoms with E-state index < -0.39 is 0 Å². The molecule has 1 aromatic rings. The average Bonchev–Trinajstić information content (AvgIpc) is 2.13. The molecule has 0 radical (unpaired) electrons. The van der Waals surface area contributed by atoms with Gasteiger partial charge in [0.2, 0.25) is 0 Å². The minimum absolute atomic E-state index is 0.121. The summed E-state index contributed by atoms with van der Waals surface area (Å²) in [4.78, 5) is 10.3. The number of benzene rings is 1. The van der Waals surface area contributed by atoms with E-state index in [1.807, 2.05) is 0 Å². The molecule has 0 unspecified atom stereocenters. The molecule has 0 heterocycles. The Kier molecular flexibility index (Phi) is 2.48. The number of aldehydes is 1. The number of halogens is 1. The summed E-state index contributed by atoms with van der Waals surface area (Å²) in [5.41, 5.74) is 0. The fourth-order valence-electron chi connectivity index (χ4n) is 1.52. The highest BCUT2D eigenvalue weighted by Gasteiger charge is 2.30. The van der Waals surface area contributed by atoms with Crippen molar-refractivity contribution in [3.8, 4) is 5.75 Å². The minimum Gasteiger partial charge on any atom is -0.490 e. The van der Waals surface area contributed by atoms with Gasteiger partial charge in [-0.1, -0.05) is 0 Å². The van der Waals surface area contributed by atoms with Crippen LogP contribution in [0.3, 0.4) is 0 Å². The summed E-state index contributed by atoms with van der Waals surface area (Å²) < 4.78 is 18.0. The largest absolute Gasteiger partial charge is 0.490 e. The van der Waals surface area contributed by atoms with Gasteiger partial charge in [0, 0.05) is 5.92 Å². The van der Waals surface area contributed by atoms with Crippen LogP contribution in [0.25, 0.3) is 0 Å². The third-order valence-corrected chi connectivity index (χ3v) is 2.44. The van der Waals surface area contributed by atoms with Gasteiger partial charge in [0.05, 0.1) is 0 Å². The van der Waals surface area contributed by atoms with Gasteiger partial charge < -0.3 is 9.53 Å². The Hall–Kier alpha value is -1.38. The molecule has 3 heteroatoms. The number of rotatable bonds is 3. The molecule has 0 aromatic heterocycles. The zero-order valence-corrected chi connectivity index (χ0v) is 7.65. The maximum Gasteiger partial charge on any atom is 0.123 e. The van der Waals surface area contributed by atoms with Gasteiger partial charge in [0.1, 0.15) is 24.0 Å². The summed E-state index contributed by atoms with van der Waals surface area (Å²) in [6, 6.07) is 5.93. The molecule has 14 heavy (non-hydrogen) atoms. The van der Waals surface area contributed by atoms with E-state index in [0.717, 1.165) is 19.1 Å². The van der Waals surface area contributed by atoms with E-state index in [-0.39, 0.29) is 17.8 Å². The zero-order valence-electron chi connectivity index (χ0n) is 7.65. The van der Waals surface area contributed by atoms with Crippen molar-refractivity contribution in [2.75, 3.05) is 0 Å². The Balaban J connectivity index is 1.87. The van der Waals surface area contributed by atoms with Crippen molar-refractivity contribution in [2.45, 2.75) is 18.9 Å². The molecular formula is C11H11FO2. The molecule has 2 rings (SSSR count). The molecule has 0 atom stereocenters. The molecule has 74 valence electrons. The molecule has 1 aromatic carbocycles. The Labute approximate surface area is 81.7 Å². The number of hydrogen-bond donors (Lipinski definition) is 0. The van der Waals surface area contributed by atoms with Crippen LogP contribution >= 0.6 is 0 Å². The summed E-state index contributed by atoms with van der Waals surface area (Å²) in [5, 5.41) is 0. The van der Waals surface area contributed by atoms with E-state index >= 15 is 0 Å². The van der Waals surface area contributed by atoms with Crippen LogP contribution in [-0.4, -0.2) is 12.4 Å². The Morgan fingerprint density at radius 1 is 1.29 bits per heavy atom. The predicted molar refractivity (Wildman–Crippen MR) is 49.6 cm³/mol. The van der Waals surface area contributed by atoms with Gasteiger partial charge in [0.25, 0.3) is 0 Å². The van der Waals surface area contributed by atoms with Crippen LogP contribution < -0.4 is 4.74 Å². The van der Waals surface area contributed by atoms with Crippen LogP contribution in [0.2, 0.25) is 0 Å². The lowest BCUT2D eigenvalue weighted by atomic mass is 9.83. The Morgan fingerprint density at radius 3 is 2.50 bits per heavy atom. The van der Waals surface area contributed by atoms with Crippen LogP contribution in [0, 0.1) is 11.7 Å². The van der Waals surface area contributed by atoms with E-state index in [4.69, 9.17) is 4.74 Å². The molecule has 1 aliphatic rings. The summed E-state index contributed by atoms with van der Waals surface area (Å²) in [6.45, 7) is 0. The van der Waals surface area contributed by atoms with Crippen LogP contribution in [0.15, 0.2) is 24.3 Å². The van der Waals surface area contributed by atoms with Gasteiger partial charge in [-0.3, -0.25) is 0 Å². The highest BCUT2D eigenvalue weighted by molar-refractivity contribution is 5.55. The SMILES string of the molecule is O=C[C@H]1C[C@@H](Oc2ccc(F)cc2)C1. The molecule has 0 spiro atoms. The number of hydrogen-bond acceptors (Lipinski definition) is 2. The van der Waals surface area contributed by atoms with E-state index in [1.54, 1.807) is 12.1 Å². The van der Waals surface area contributed by atoms with Crippen molar-refractivity contribution in [3.63, 3.8) is 0 Å². The first-order chi connectivity index (χ1) is 6.78. The monoisotopic (exact) mass is 194 g/mol. The Bertz CT molecular complexity index is 315. The van der Waals surface area contributed by atoms with Gasteiger partial charge in [-0.05, 0) is 37.1 Å². The Morgan fingerprint density at radius 2 is 1.93 bits per heavy atom. The number of ether oxygens (including phenoxy) is 1. The molecule has 1 saturated carbocycles. The quantitative estimate of drug-likeness (QED) is 0.689. The smallest absolute Gasteiger partial charge is 0.123 e. The predicted octanol–water partition coefficient (Wildman–Crippen LogP) is 2.18. The molecule has 0 saturated heterocycles. The fourth-order valence-corrected chi connectivity index (χ4v) is 1.52. The molecule has 0 amide bonds. The molecule has 2 nitrogen and oxygen atoms in total. The third-order valence-electron chi connectivity index (χ3n) is 2.44. The topological polar surface area (TPSA) is 26.3 Å². The highest BCUT2D eigenvalue weighted by atomic mass is 19.1. The molecule has 0 N–H and O–H groups in total. The first-order valence-electron chi connectivity index (χ1n) is 4.65. The summed E-state index contributed by atoms with van der Waals surface area (Å²) >= 11 is 0. The van der Waals surface area contributed by atoms with Gasteiger partial charge in [-0.25, -0.2) is 4.39 Å². The second-order valence-corrected chi connectivity index (χ2v) is 3.56. The minimum atomic E-state index is -0.267. The number of carbonyl (C=O) groups is 1. The van der Waals surface area contributed by atoms with Crippen LogP contribution in [0.4, 0.5) is 4.39 Å². The van der Waals surface area contributed by atoms with Crippen LogP contribution in [0.1, 0.15) is 12.8 Å². The molecular weight excluding hydrogens is 183 g/mol. The molecule has 0 aliphatic heterocycles. The lowest BCUT2D eigenvalue weighted by Gasteiger charge is -2.31. The highest BCUT2D eigenvalue weighted by Crippen LogP contribution is 2.29. The van der Waals surface area contributed by atoms with Gasteiger partial charge in [-0.15, -0.1) is 0 Å². The van der Waals surface area contributed by atoms with Crippen molar-refractivity contribution in [1.29, 1.82) is 0 Å². The zero-order chi connectivity index (χ0) is 9.97. The molecule has 1 fully saturated rings. The summed E-state index contributed by atoms with van der Waals surface area (Å²) in [6.07, 6.45) is 2.64. The van der Waals surface area contributed by atoms with E-state index in [2.05, 4.69) is 0 Å². The van der Waals surface area contributed by atoms with Crippen molar-refractivity contribution < 1.29 is 13.9 Å². The van der Waals surface area contributed by atoms with Gasteiger partial charge in [-0.2, -0.15) is 0 Å². The number of carbonyl (C=O) groups excluding carboxylic acids is 1. The van der Waals surface area contributed by atoms with Crippen molar-refractivity contribution in [2.24, 2.45) is 5.92 Å². The lowest BCUT2D eigenvalue weighted by molar-refractivity contribution is -0.116. The normalized spacial score (nSPS) is 25.2. The second-order valence-electron chi connectivity index (χ2n) is 3.56. The summed E-state index contributed by atoms with van der Waals surface area (Å²) in [5.74, 6) is 0.554. The first-order valence-corrected chi connectivity index (χ1v) is 4.65. The maximum atomic E-state index is 12.5. The lowest BCUT2D eigenvalue weighted by Crippen LogP contribution is -2.34. The standard InChI is InChI=1S/C11H11FO2/c12-9-1-3-10(4-2-9)14-11-5-8(6-11)7-13/h1-4,7-8,11H,5-6H2/t8-,11+. The van der Waals surface area contributed by atoms with E-state index in [1.165, 1.54) is 12.1 Å². The van der Waals surface area contributed by atoms with Crippen molar-refractivity contribution in [1.82, 2.24) is 0 Å². The van der Waals surface area contributed by atoms with E-state index in [0.29, 0.717) is 5.75 Å². The van der Waals surface area contributed by atoms with Crippen LogP contribution in [-0.2, 0) is 4.79 Å². The van der Waals surface area contributed by atoms with E-state index in [9.17, 15) is 9.18 Å². The van der Waals surface area contributed by atoms with Gasteiger partial charge >= 0.3 is 0 Å². The third kappa shape index (κ3) is 1.92. The summed E-state index contributed by atoms with van der Waals surface area (Å²) in [7, 11) is 0.